The fourth-order valence-electron chi connectivity index (χ4n) is 4.22. The smallest absolute Gasteiger partial charge is 0.321 e. The van der Waals surface area contributed by atoms with Gasteiger partial charge >= 0.3 is 6.03 Å². The van der Waals surface area contributed by atoms with E-state index < -0.39 is 0 Å². The van der Waals surface area contributed by atoms with Crippen molar-refractivity contribution in [3.63, 3.8) is 0 Å². The molecule has 2 aliphatic rings. The number of benzene rings is 1. The molecule has 2 aromatic rings. The maximum absolute atomic E-state index is 12.6. The Kier molecular flexibility index (Phi) is 5.74. The Morgan fingerprint density at radius 1 is 1.04 bits per heavy atom. The summed E-state index contributed by atoms with van der Waals surface area (Å²) in [7, 11) is 0. The Bertz CT molecular complexity index is 839. The number of amides is 3. The van der Waals surface area contributed by atoms with Gasteiger partial charge in [0.25, 0.3) is 0 Å². The highest BCUT2D eigenvalue weighted by Gasteiger charge is 2.25. The number of hydrogen-bond acceptors (Lipinski definition) is 3. The first-order chi connectivity index (χ1) is 13.7. The van der Waals surface area contributed by atoms with Crippen LogP contribution in [0.15, 0.2) is 36.5 Å². The molecule has 28 heavy (non-hydrogen) atoms. The molecule has 1 aromatic heterocycles. The summed E-state index contributed by atoms with van der Waals surface area (Å²) in [5, 5.41) is 4.05. The SMILES string of the molecule is O=C(CCC1CCN(C(=O)Nc2ccc3cccnc3c2)CC1)N1CCCC1. The van der Waals surface area contributed by atoms with Crippen LogP contribution < -0.4 is 5.32 Å². The van der Waals surface area contributed by atoms with Gasteiger partial charge in [-0.2, -0.15) is 0 Å². The van der Waals surface area contributed by atoms with Crippen LogP contribution in [0.25, 0.3) is 10.9 Å². The Morgan fingerprint density at radius 3 is 2.61 bits per heavy atom. The third-order valence-corrected chi connectivity index (χ3v) is 5.98. The molecule has 0 saturated carbocycles. The average Bonchev–Trinajstić information content (AvgIpc) is 3.27. The van der Waals surface area contributed by atoms with Gasteiger partial charge in [0, 0.05) is 49.9 Å². The van der Waals surface area contributed by atoms with E-state index in [1.54, 1.807) is 6.20 Å². The summed E-state index contributed by atoms with van der Waals surface area (Å²) in [4.78, 5) is 33.0. The molecular weight excluding hydrogens is 352 g/mol. The third-order valence-electron chi connectivity index (χ3n) is 5.98. The zero-order valence-electron chi connectivity index (χ0n) is 16.3. The normalized spacial score (nSPS) is 17.9. The molecule has 148 valence electrons. The van der Waals surface area contributed by atoms with Gasteiger partial charge in [0.15, 0.2) is 0 Å². The Balaban J connectivity index is 1.23. The van der Waals surface area contributed by atoms with Crippen LogP contribution >= 0.6 is 0 Å². The van der Waals surface area contributed by atoms with Crippen molar-refractivity contribution >= 4 is 28.5 Å². The molecule has 0 radical (unpaired) electrons. The summed E-state index contributed by atoms with van der Waals surface area (Å²) in [5.74, 6) is 0.850. The fourth-order valence-corrected chi connectivity index (χ4v) is 4.22. The van der Waals surface area contributed by atoms with Gasteiger partial charge in [-0.3, -0.25) is 9.78 Å². The summed E-state index contributed by atoms with van der Waals surface area (Å²) in [6.07, 6.45) is 7.59. The minimum atomic E-state index is -0.0538. The second-order valence-electron chi connectivity index (χ2n) is 7.90. The Hall–Kier alpha value is -2.63. The summed E-state index contributed by atoms with van der Waals surface area (Å²) in [6, 6.07) is 9.66. The molecule has 3 amide bonds. The molecule has 0 bridgehead atoms. The maximum Gasteiger partial charge on any atom is 0.321 e. The van der Waals surface area contributed by atoms with Crippen molar-refractivity contribution in [1.29, 1.82) is 0 Å². The number of nitrogens with zero attached hydrogens (tertiary/aromatic N) is 3. The summed E-state index contributed by atoms with van der Waals surface area (Å²) in [5.41, 5.74) is 1.65. The van der Waals surface area contributed by atoms with Crippen molar-refractivity contribution < 1.29 is 9.59 Å². The summed E-state index contributed by atoms with van der Waals surface area (Å²) >= 11 is 0. The van der Waals surface area contributed by atoms with E-state index in [4.69, 9.17) is 0 Å². The molecule has 4 rings (SSSR count). The van der Waals surface area contributed by atoms with Gasteiger partial charge in [-0.1, -0.05) is 12.1 Å². The first-order valence-electron chi connectivity index (χ1n) is 10.4. The first kappa shape index (κ1) is 18.7. The van der Waals surface area contributed by atoms with Crippen molar-refractivity contribution in [1.82, 2.24) is 14.8 Å². The van der Waals surface area contributed by atoms with Gasteiger partial charge in [-0.05, 0) is 56.2 Å². The van der Waals surface area contributed by atoms with Crippen LogP contribution in [0.5, 0.6) is 0 Å². The highest BCUT2D eigenvalue weighted by atomic mass is 16.2. The molecule has 0 spiro atoms. The topological polar surface area (TPSA) is 65.5 Å². The molecule has 2 fully saturated rings. The quantitative estimate of drug-likeness (QED) is 0.875. The number of fused-ring (bicyclic) bond motifs is 1. The van der Waals surface area contributed by atoms with E-state index in [-0.39, 0.29) is 6.03 Å². The lowest BCUT2D eigenvalue weighted by atomic mass is 9.92. The van der Waals surface area contributed by atoms with E-state index in [9.17, 15) is 9.59 Å². The van der Waals surface area contributed by atoms with Gasteiger partial charge in [0.05, 0.1) is 5.52 Å². The van der Waals surface area contributed by atoms with Gasteiger partial charge in [-0.25, -0.2) is 4.79 Å². The van der Waals surface area contributed by atoms with E-state index in [0.717, 1.165) is 74.9 Å². The fraction of sp³-hybridized carbons (Fsp3) is 0.500. The zero-order valence-corrected chi connectivity index (χ0v) is 16.3. The molecule has 2 saturated heterocycles. The highest BCUT2D eigenvalue weighted by Crippen LogP contribution is 2.24. The number of rotatable bonds is 4. The number of likely N-dealkylation sites (tertiary alicyclic amines) is 2. The van der Waals surface area contributed by atoms with Gasteiger partial charge < -0.3 is 15.1 Å². The number of anilines is 1. The van der Waals surface area contributed by atoms with E-state index in [1.807, 2.05) is 40.1 Å². The van der Waals surface area contributed by atoms with Crippen LogP contribution in [0.1, 0.15) is 38.5 Å². The predicted molar refractivity (Wildman–Crippen MR) is 110 cm³/mol. The van der Waals surface area contributed by atoms with Crippen LogP contribution in [-0.2, 0) is 4.79 Å². The van der Waals surface area contributed by atoms with E-state index in [1.165, 1.54) is 0 Å². The molecule has 0 unspecified atom stereocenters. The van der Waals surface area contributed by atoms with Crippen molar-refractivity contribution in [2.75, 3.05) is 31.5 Å². The molecule has 1 N–H and O–H groups in total. The van der Waals surface area contributed by atoms with Gasteiger partial charge in [-0.15, -0.1) is 0 Å². The molecule has 3 heterocycles. The largest absolute Gasteiger partial charge is 0.343 e. The van der Waals surface area contributed by atoms with E-state index in [2.05, 4.69) is 10.3 Å². The molecule has 1 aromatic carbocycles. The molecule has 0 aliphatic carbocycles. The Morgan fingerprint density at radius 2 is 1.82 bits per heavy atom. The van der Waals surface area contributed by atoms with Crippen molar-refractivity contribution in [3.8, 4) is 0 Å². The Labute approximate surface area is 165 Å². The number of nitrogens with one attached hydrogen (secondary N) is 1. The number of carbonyl (C=O) groups is 2. The second-order valence-corrected chi connectivity index (χ2v) is 7.90. The van der Waals surface area contributed by atoms with Crippen LogP contribution in [0, 0.1) is 5.92 Å². The third kappa shape index (κ3) is 4.43. The summed E-state index contributed by atoms with van der Waals surface area (Å²) < 4.78 is 0. The van der Waals surface area contributed by atoms with Gasteiger partial charge in [0.2, 0.25) is 5.91 Å². The standard InChI is InChI=1S/C22H28N4O2/c27-21(25-12-1-2-13-25)8-5-17-9-14-26(15-10-17)22(28)24-19-7-6-18-4-3-11-23-20(18)16-19/h3-4,6-7,11,16-17H,1-2,5,8-10,12-15H2,(H,24,28). The molecular formula is C22H28N4O2. The van der Waals surface area contributed by atoms with Crippen LogP contribution in [0.4, 0.5) is 10.5 Å². The lowest BCUT2D eigenvalue weighted by Crippen LogP contribution is -2.41. The number of pyridine rings is 1. The minimum absolute atomic E-state index is 0.0538. The molecule has 2 aliphatic heterocycles. The van der Waals surface area contributed by atoms with E-state index >= 15 is 0 Å². The number of aromatic nitrogens is 1. The van der Waals surface area contributed by atoms with E-state index in [0.29, 0.717) is 18.2 Å². The second kappa shape index (κ2) is 8.59. The number of piperidine rings is 1. The number of urea groups is 1. The number of carbonyl (C=O) groups excluding carboxylic acids is 2. The monoisotopic (exact) mass is 380 g/mol. The van der Waals surface area contributed by atoms with Crippen LogP contribution in [0.3, 0.4) is 0 Å². The lowest BCUT2D eigenvalue weighted by Gasteiger charge is -2.32. The molecule has 6 nitrogen and oxygen atoms in total. The highest BCUT2D eigenvalue weighted by molar-refractivity contribution is 5.92. The van der Waals surface area contributed by atoms with Gasteiger partial charge in [0.1, 0.15) is 0 Å². The molecule has 0 atom stereocenters. The predicted octanol–water partition coefficient (Wildman–Crippen LogP) is 3.88. The molecule has 6 heteroatoms. The minimum Gasteiger partial charge on any atom is -0.343 e. The maximum atomic E-state index is 12.6. The number of hydrogen-bond donors (Lipinski definition) is 1. The zero-order chi connectivity index (χ0) is 19.3. The van der Waals surface area contributed by atoms with Crippen LogP contribution in [0.2, 0.25) is 0 Å². The lowest BCUT2D eigenvalue weighted by molar-refractivity contribution is -0.130. The summed E-state index contributed by atoms with van der Waals surface area (Å²) in [6.45, 7) is 3.37. The van der Waals surface area contributed by atoms with Crippen molar-refractivity contribution in [2.24, 2.45) is 5.92 Å². The van der Waals surface area contributed by atoms with Crippen LogP contribution in [-0.4, -0.2) is 52.9 Å². The van der Waals surface area contributed by atoms with Crippen molar-refractivity contribution in [2.45, 2.75) is 38.5 Å². The first-order valence-corrected chi connectivity index (χ1v) is 10.4. The van der Waals surface area contributed by atoms with Crippen molar-refractivity contribution in [3.05, 3.63) is 36.5 Å². The average molecular weight is 380 g/mol.